The Morgan fingerprint density at radius 1 is 1.25 bits per heavy atom. The Hall–Kier alpha value is -0.610. The van der Waals surface area contributed by atoms with Crippen LogP contribution in [0.15, 0.2) is 0 Å². The largest absolute Gasteiger partial charge is 0.369 e. The van der Waals surface area contributed by atoms with E-state index in [4.69, 9.17) is 4.74 Å². The first-order valence-corrected chi connectivity index (χ1v) is 6.25. The molecule has 0 spiro atoms. The molecule has 0 radical (unpaired) electrons. The van der Waals surface area contributed by atoms with E-state index in [1.165, 1.54) is 6.42 Å². The third kappa shape index (κ3) is 4.49. The van der Waals surface area contributed by atoms with Crippen LogP contribution in [-0.2, 0) is 9.53 Å². The zero-order valence-electron chi connectivity index (χ0n) is 10.7. The number of rotatable bonds is 5. The molecule has 1 fully saturated rings. The van der Waals surface area contributed by atoms with Crippen molar-refractivity contribution in [2.24, 2.45) is 0 Å². The summed E-state index contributed by atoms with van der Waals surface area (Å²) in [6.07, 6.45) is 1.31. The summed E-state index contributed by atoms with van der Waals surface area (Å²) < 4.78 is 5.33. The molecule has 1 rings (SSSR count). The monoisotopic (exact) mass is 228 g/mol. The molecule has 0 aromatic rings. The third-order valence-electron chi connectivity index (χ3n) is 2.80. The highest BCUT2D eigenvalue weighted by Crippen LogP contribution is 2.03. The zero-order valence-corrected chi connectivity index (χ0v) is 10.7. The predicted octanol–water partition coefficient (Wildman–Crippen LogP) is 0.966. The maximum Gasteiger partial charge on any atom is 0.248 e. The van der Waals surface area contributed by atoms with Crippen LogP contribution < -0.4 is 0 Å². The second-order valence-corrected chi connectivity index (χ2v) is 4.58. The number of nitrogens with zero attached hydrogens (tertiary/aromatic N) is 2. The van der Waals surface area contributed by atoms with Crippen molar-refractivity contribution in [1.29, 1.82) is 0 Å². The van der Waals surface area contributed by atoms with E-state index in [1.807, 2.05) is 18.7 Å². The molecule has 0 N–H and O–H groups in total. The van der Waals surface area contributed by atoms with Crippen molar-refractivity contribution >= 4 is 5.91 Å². The first-order valence-electron chi connectivity index (χ1n) is 6.25. The van der Waals surface area contributed by atoms with Crippen molar-refractivity contribution < 1.29 is 9.53 Å². The quantitative estimate of drug-likeness (QED) is 0.703. The molecule has 0 aromatic heterocycles. The van der Waals surface area contributed by atoms with E-state index in [-0.39, 0.29) is 18.6 Å². The van der Waals surface area contributed by atoms with Gasteiger partial charge in [-0.05, 0) is 26.8 Å². The van der Waals surface area contributed by atoms with Crippen molar-refractivity contribution in [2.75, 3.05) is 39.3 Å². The summed E-state index contributed by atoms with van der Waals surface area (Å²) in [7, 11) is 0. The Morgan fingerprint density at radius 2 is 1.88 bits per heavy atom. The van der Waals surface area contributed by atoms with Gasteiger partial charge >= 0.3 is 0 Å². The molecule has 1 aliphatic heterocycles. The maximum absolute atomic E-state index is 11.7. The average Bonchev–Trinajstić information content (AvgIpc) is 2.27. The van der Waals surface area contributed by atoms with Crippen LogP contribution in [-0.4, -0.2) is 61.1 Å². The molecule has 0 unspecified atom stereocenters. The summed E-state index contributed by atoms with van der Waals surface area (Å²) >= 11 is 0. The fourth-order valence-corrected chi connectivity index (χ4v) is 1.87. The van der Waals surface area contributed by atoms with E-state index in [0.717, 1.165) is 32.7 Å². The van der Waals surface area contributed by atoms with Crippen LogP contribution in [0.2, 0.25) is 0 Å². The van der Waals surface area contributed by atoms with E-state index in [9.17, 15) is 4.79 Å². The Bertz CT molecular complexity index is 211. The molecule has 16 heavy (non-hydrogen) atoms. The van der Waals surface area contributed by atoms with E-state index in [2.05, 4.69) is 11.8 Å². The lowest BCUT2D eigenvalue weighted by Gasteiger charge is -2.34. The topological polar surface area (TPSA) is 32.8 Å². The van der Waals surface area contributed by atoms with Crippen molar-refractivity contribution in [2.45, 2.75) is 33.3 Å². The highest BCUT2D eigenvalue weighted by Gasteiger charge is 2.20. The van der Waals surface area contributed by atoms with Crippen LogP contribution >= 0.6 is 0 Å². The average molecular weight is 228 g/mol. The van der Waals surface area contributed by atoms with E-state index < -0.39 is 0 Å². The molecule has 94 valence electrons. The molecule has 1 amide bonds. The van der Waals surface area contributed by atoms with Crippen molar-refractivity contribution in [3.05, 3.63) is 0 Å². The Labute approximate surface area is 98.5 Å². The minimum absolute atomic E-state index is 0.129. The minimum atomic E-state index is 0.129. The lowest BCUT2D eigenvalue weighted by atomic mass is 10.3. The van der Waals surface area contributed by atoms with Gasteiger partial charge in [0.05, 0.1) is 6.10 Å². The van der Waals surface area contributed by atoms with Gasteiger partial charge in [-0.1, -0.05) is 6.92 Å². The van der Waals surface area contributed by atoms with Gasteiger partial charge in [0, 0.05) is 26.2 Å². The lowest BCUT2D eigenvalue weighted by Crippen LogP contribution is -2.49. The van der Waals surface area contributed by atoms with E-state index >= 15 is 0 Å². The molecular formula is C12H24N2O2. The van der Waals surface area contributed by atoms with Gasteiger partial charge in [-0.25, -0.2) is 0 Å². The van der Waals surface area contributed by atoms with Crippen molar-refractivity contribution in [1.82, 2.24) is 9.80 Å². The Kier molecular flexibility index (Phi) is 5.77. The molecule has 4 nitrogen and oxygen atoms in total. The summed E-state index contributed by atoms with van der Waals surface area (Å²) in [5, 5.41) is 0. The van der Waals surface area contributed by atoms with Crippen molar-refractivity contribution in [3.8, 4) is 0 Å². The Morgan fingerprint density at radius 3 is 2.38 bits per heavy atom. The minimum Gasteiger partial charge on any atom is -0.369 e. The van der Waals surface area contributed by atoms with Crippen LogP contribution in [0.3, 0.4) is 0 Å². The summed E-state index contributed by atoms with van der Waals surface area (Å²) in [5.41, 5.74) is 0. The molecule has 4 heteroatoms. The number of carbonyl (C=O) groups is 1. The predicted molar refractivity (Wildman–Crippen MR) is 64.4 cm³/mol. The number of hydrogen-bond acceptors (Lipinski definition) is 3. The molecule has 1 heterocycles. The molecule has 0 aliphatic carbocycles. The van der Waals surface area contributed by atoms with Gasteiger partial charge in [0.1, 0.15) is 6.61 Å². The standard InChI is InChI=1S/C12H24N2O2/c1-4-5-13-6-8-14(9-7-13)12(15)10-16-11(2)3/h11H,4-10H2,1-3H3. The molecule has 1 aliphatic rings. The van der Waals surface area contributed by atoms with Crippen LogP contribution in [0.5, 0.6) is 0 Å². The van der Waals surface area contributed by atoms with Crippen LogP contribution in [0.25, 0.3) is 0 Å². The first-order chi connectivity index (χ1) is 7.63. The lowest BCUT2D eigenvalue weighted by molar-refractivity contribution is -0.139. The molecule has 0 saturated carbocycles. The fraction of sp³-hybridized carbons (Fsp3) is 0.917. The fourth-order valence-electron chi connectivity index (χ4n) is 1.87. The van der Waals surface area contributed by atoms with Gasteiger partial charge in [0.25, 0.3) is 0 Å². The first kappa shape index (κ1) is 13.5. The molecule has 0 bridgehead atoms. The highest BCUT2D eigenvalue weighted by molar-refractivity contribution is 5.77. The number of ether oxygens (including phenoxy) is 1. The van der Waals surface area contributed by atoms with Crippen molar-refractivity contribution in [3.63, 3.8) is 0 Å². The molecular weight excluding hydrogens is 204 g/mol. The molecule has 1 saturated heterocycles. The summed E-state index contributed by atoms with van der Waals surface area (Å²) in [5.74, 6) is 0.129. The van der Waals surface area contributed by atoms with Gasteiger partial charge in [0.2, 0.25) is 5.91 Å². The van der Waals surface area contributed by atoms with Gasteiger partial charge in [0.15, 0.2) is 0 Å². The second kappa shape index (κ2) is 6.86. The number of carbonyl (C=O) groups excluding carboxylic acids is 1. The molecule has 0 aromatic carbocycles. The summed E-state index contributed by atoms with van der Waals surface area (Å²) in [6.45, 7) is 11.2. The van der Waals surface area contributed by atoms with Gasteiger partial charge in [-0.2, -0.15) is 0 Å². The molecule has 0 atom stereocenters. The van der Waals surface area contributed by atoms with Crippen LogP contribution in [0.4, 0.5) is 0 Å². The smallest absolute Gasteiger partial charge is 0.248 e. The summed E-state index contributed by atoms with van der Waals surface area (Å²) in [6, 6.07) is 0. The maximum atomic E-state index is 11.7. The zero-order chi connectivity index (χ0) is 12.0. The van der Waals surface area contributed by atoms with E-state index in [1.54, 1.807) is 0 Å². The van der Waals surface area contributed by atoms with E-state index in [0.29, 0.717) is 0 Å². The third-order valence-corrected chi connectivity index (χ3v) is 2.80. The van der Waals surface area contributed by atoms with Gasteiger partial charge in [-0.3, -0.25) is 9.69 Å². The normalized spacial score (nSPS) is 18.1. The summed E-state index contributed by atoms with van der Waals surface area (Å²) in [4.78, 5) is 16.1. The Balaban J connectivity index is 2.22. The highest BCUT2D eigenvalue weighted by atomic mass is 16.5. The number of amides is 1. The van der Waals surface area contributed by atoms with Crippen LogP contribution in [0.1, 0.15) is 27.2 Å². The number of piperazine rings is 1. The second-order valence-electron chi connectivity index (χ2n) is 4.58. The van der Waals surface area contributed by atoms with Gasteiger partial charge < -0.3 is 9.64 Å². The van der Waals surface area contributed by atoms with Crippen LogP contribution in [0, 0.1) is 0 Å². The SMILES string of the molecule is CCCN1CCN(C(=O)COC(C)C)CC1. The van der Waals surface area contributed by atoms with Gasteiger partial charge in [-0.15, -0.1) is 0 Å². The number of hydrogen-bond donors (Lipinski definition) is 0.